The second-order valence-corrected chi connectivity index (χ2v) is 18.8. The van der Waals surface area contributed by atoms with Gasteiger partial charge in [0.1, 0.15) is 5.65 Å². The average Bonchev–Trinajstić information content (AvgIpc) is 4.02. The van der Waals surface area contributed by atoms with Gasteiger partial charge in [0.25, 0.3) is 0 Å². The lowest BCUT2D eigenvalue weighted by Gasteiger charge is -2.24. The van der Waals surface area contributed by atoms with Crippen LogP contribution >= 0.6 is 0 Å². The summed E-state index contributed by atoms with van der Waals surface area (Å²) in [6.45, 7) is 9.63. The SMILES string of the molecule is CC1(C)c2cc(-c3ccc4c(c3)c3ccccc3n4-c3ccccc3)ccc2-c2cc3c(cc21)-c1ccc(-c2ccc4nc(-c5ccccc5)c(-c5ccccc5)n4c2)cc1C3(C)C. The molecule has 3 heterocycles. The van der Waals surface area contributed by atoms with E-state index in [2.05, 4.69) is 237 Å². The molecule has 0 unspecified atom stereocenters. The van der Waals surface area contributed by atoms with E-state index in [0.717, 1.165) is 28.2 Å². The Bertz CT molecular complexity index is 3700. The van der Waals surface area contributed by atoms with Crippen LogP contribution < -0.4 is 0 Å². The maximum Gasteiger partial charge on any atom is 0.137 e. The number of imidazole rings is 1. The fourth-order valence-corrected chi connectivity index (χ4v) is 11.2. The smallest absolute Gasteiger partial charge is 0.137 e. The van der Waals surface area contributed by atoms with Gasteiger partial charge in [-0.2, -0.15) is 0 Å². The second-order valence-electron chi connectivity index (χ2n) is 18.8. The van der Waals surface area contributed by atoms with Crippen LogP contribution in [0.3, 0.4) is 0 Å². The minimum absolute atomic E-state index is 0.161. The number of pyridine rings is 1. The van der Waals surface area contributed by atoms with Gasteiger partial charge in [-0.3, -0.25) is 4.40 Å². The van der Waals surface area contributed by atoms with Crippen LogP contribution in [0, 0.1) is 0 Å². The Morgan fingerprint density at radius 2 is 0.875 bits per heavy atom. The highest BCUT2D eigenvalue weighted by Gasteiger charge is 2.42. The molecule has 0 aliphatic heterocycles. The first-order valence-corrected chi connectivity index (χ1v) is 22.5. The number of nitrogens with zero attached hydrogens (tertiary/aromatic N) is 3. The van der Waals surface area contributed by atoms with Gasteiger partial charge < -0.3 is 4.57 Å². The van der Waals surface area contributed by atoms with Crippen LogP contribution in [0.25, 0.3) is 100 Å². The van der Waals surface area contributed by atoms with Crippen LogP contribution in [-0.4, -0.2) is 14.0 Å². The summed E-state index contributed by atoms with van der Waals surface area (Å²) in [4.78, 5) is 5.17. The molecule has 2 aliphatic rings. The number of aromatic nitrogens is 3. The quantitative estimate of drug-likeness (QED) is 0.170. The molecule has 3 heteroatoms. The fraction of sp³-hybridized carbons (Fsp3) is 0.0984. The van der Waals surface area contributed by atoms with E-state index in [1.54, 1.807) is 0 Å². The van der Waals surface area contributed by atoms with Crippen LogP contribution in [0.1, 0.15) is 49.9 Å². The third-order valence-electron chi connectivity index (χ3n) is 14.5. The van der Waals surface area contributed by atoms with Gasteiger partial charge in [-0.1, -0.05) is 155 Å². The van der Waals surface area contributed by atoms with E-state index in [-0.39, 0.29) is 10.8 Å². The van der Waals surface area contributed by atoms with Crippen LogP contribution in [0.4, 0.5) is 0 Å². The monoisotopic (exact) mass is 819 g/mol. The standard InChI is InChI=1S/C61H45N3/c1-60(2)51-33-41(40-26-30-56-50(32-40)47-22-14-15-23-55(47)64(56)44-20-12-7-13-21-44)24-28-45(51)48-35-54-49(36-53(48)60)46-29-25-42(34-52(46)61(54,3)4)43-27-31-57-62-58(38-16-8-5-9-17-38)59(63(57)37-43)39-18-10-6-11-19-39/h5-37H,1-4H3. The number of benzene rings is 8. The lowest BCUT2D eigenvalue weighted by atomic mass is 9.79. The molecule has 64 heavy (non-hydrogen) atoms. The van der Waals surface area contributed by atoms with Crippen LogP contribution in [0.5, 0.6) is 0 Å². The average molecular weight is 820 g/mol. The molecular weight excluding hydrogens is 775 g/mol. The van der Waals surface area contributed by atoms with Crippen molar-refractivity contribution in [3.05, 3.63) is 223 Å². The third-order valence-corrected chi connectivity index (χ3v) is 14.5. The third kappa shape index (κ3) is 5.25. The molecule has 13 rings (SSSR count). The van der Waals surface area contributed by atoms with Gasteiger partial charge in [-0.05, 0) is 133 Å². The Morgan fingerprint density at radius 3 is 1.53 bits per heavy atom. The van der Waals surface area contributed by atoms with E-state index in [1.165, 1.54) is 94.3 Å². The molecule has 0 N–H and O–H groups in total. The van der Waals surface area contributed by atoms with E-state index in [4.69, 9.17) is 4.98 Å². The summed E-state index contributed by atoms with van der Waals surface area (Å²) < 4.78 is 4.66. The summed E-state index contributed by atoms with van der Waals surface area (Å²) in [5.74, 6) is 0. The maximum atomic E-state index is 5.17. The van der Waals surface area contributed by atoms with Crippen molar-refractivity contribution in [1.82, 2.24) is 14.0 Å². The Kier molecular flexibility index (Phi) is 7.71. The minimum Gasteiger partial charge on any atom is -0.309 e. The highest BCUT2D eigenvalue weighted by atomic mass is 15.0. The predicted octanol–water partition coefficient (Wildman–Crippen LogP) is 15.7. The number of rotatable bonds is 5. The van der Waals surface area contributed by atoms with E-state index in [0.29, 0.717) is 0 Å². The van der Waals surface area contributed by atoms with E-state index in [9.17, 15) is 0 Å². The van der Waals surface area contributed by atoms with Crippen molar-refractivity contribution in [2.75, 3.05) is 0 Å². The highest BCUT2D eigenvalue weighted by molar-refractivity contribution is 6.10. The zero-order chi connectivity index (χ0) is 42.9. The molecular formula is C61H45N3. The molecule has 0 saturated carbocycles. The molecule has 0 saturated heterocycles. The van der Waals surface area contributed by atoms with Crippen molar-refractivity contribution >= 4 is 27.5 Å². The minimum atomic E-state index is -0.175. The first kappa shape index (κ1) is 36.9. The van der Waals surface area contributed by atoms with Gasteiger partial charge in [0.05, 0.1) is 22.4 Å². The Morgan fingerprint density at radius 1 is 0.375 bits per heavy atom. The molecule has 3 aromatic heterocycles. The van der Waals surface area contributed by atoms with E-state index >= 15 is 0 Å². The second kappa shape index (κ2) is 13.4. The van der Waals surface area contributed by atoms with Gasteiger partial charge >= 0.3 is 0 Å². The normalized spacial score (nSPS) is 14.2. The van der Waals surface area contributed by atoms with Gasteiger partial charge in [-0.25, -0.2) is 4.98 Å². The van der Waals surface area contributed by atoms with Gasteiger partial charge in [0, 0.05) is 44.6 Å². The van der Waals surface area contributed by atoms with Crippen molar-refractivity contribution in [3.8, 4) is 72.7 Å². The predicted molar refractivity (Wildman–Crippen MR) is 266 cm³/mol. The molecule has 304 valence electrons. The molecule has 0 amide bonds. The van der Waals surface area contributed by atoms with Gasteiger partial charge in [0.15, 0.2) is 0 Å². The van der Waals surface area contributed by atoms with Gasteiger partial charge in [0.2, 0.25) is 0 Å². The van der Waals surface area contributed by atoms with Gasteiger partial charge in [-0.15, -0.1) is 0 Å². The number of fused-ring (bicyclic) bond motifs is 10. The van der Waals surface area contributed by atoms with Crippen molar-refractivity contribution in [1.29, 1.82) is 0 Å². The lowest BCUT2D eigenvalue weighted by Crippen LogP contribution is -2.17. The summed E-state index contributed by atoms with van der Waals surface area (Å²) in [5.41, 5.74) is 24.4. The summed E-state index contributed by atoms with van der Waals surface area (Å²) in [6, 6.07) is 71.4. The van der Waals surface area contributed by atoms with E-state index in [1.807, 2.05) is 0 Å². The van der Waals surface area contributed by atoms with Crippen molar-refractivity contribution < 1.29 is 0 Å². The largest absolute Gasteiger partial charge is 0.309 e. The van der Waals surface area contributed by atoms with Crippen LogP contribution in [0.15, 0.2) is 200 Å². The number of hydrogen-bond donors (Lipinski definition) is 0. The first-order chi connectivity index (χ1) is 31.2. The van der Waals surface area contributed by atoms with E-state index < -0.39 is 0 Å². The topological polar surface area (TPSA) is 22.2 Å². The molecule has 0 radical (unpaired) electrons. The highest BCUT2D eigenvalue weighted by Crippen LogP contribution is 2.57. The summed E-state index contributed by atoms with van der Waals surface area (Å²) in [5, 5.41) is 2.55. The molecule has 0 atom stereocenters. The van der Waals surface area contributed by atoms with Crippen molar-refractivity contribution in [2.24, 2.45) is 0 Å². The molecule has 0 spiro atoms. The summed E-state index contributed by atoms with van der Waals surface area (Å²) in [7, 11) is 0. The zero-order valence-electron chi connectivity index (χ0n) is 36.4. The Hall–Kier alpha value is -7.75. The molecule has 8 aromatic carbocycles. The zero-order valence-corrected chi connectivity index (χ0v) is 36.4. The molecule has 0 fully saturated rings. The lowest BCUT2D eigenvalue weighted by molar-refractivity contribution is 0.652. The molecule has 3 nitrogen and oxygen atoms in total. The van der Waals surface area contributed by atoms with Crippen molar-refractivity contribution in [3.63, 3.8) is 0 Å². The number of para-hydroxylation sites is 2. The maximum absolute atomic E-state index is 5.17. The van der Waals surface area contributed by atoms with Crippen LogP contribution in [0.2, 0.25) is 0 Å². The molecule has 0 bridgehead atoms. The van der Waals surface area contributed by atoms with Crippen LogP contribution in [-0.2, 0) is 10.8 Å². The summed E-state index contributed by atoms with van der Waals surface area (Å²) in [6.07, 6.45) is 2.28. The van der Waals surface area contributed by atoms with Crippen molar-refractivity contribution in [2.45, 2.75) is 38.5 Å². The summed E-state index contributed by atoms with van der Waals surface area (Å²) >= 11 is 0. The Labute approximate surface area is 373 Å². The molecule has 2 aliphatic carbocycles. The molecule has 11 aromatic rings. The number of hydrogen-bond acceptors (Lipinski definition) is 1. The Balaban J connectivity index is 0.878. The fourth-order valence-electron chi connectivity index (χ4n) is 11.2. The first-order valence-electron chi connectivity index (χ1n) is 22.5.